The van der Waals surface area contributed by atoms with E-state index in [2.05, 4.69) is 59.0 Å². The molecule has 0 heterocycles. The molecular formula is C11H16ClI2NO. The predicted octanol–water partition coefficient (Wildman–Crippen LogP) is 4.07. The molecule has 0 radical (unpaired) electrons. The first kappa shape index (κ1) is 16.7. The molecule has 3 N–H and O–H groups in total. The van der Waals surface area contributed by atoms with Crippen molar-refractivity contribution in [2.45, 2.75) is 26.3 Å². The van der Waals surface area contributed by atoms with Crippen LogP contribution in [0.15, 0.2) is 12.1 Å². The van der Waals surface area contributed by atoms with Gasteiger partial charge in [0.1, 0.15) is 5.75 Å². The first-order valence-electron chi connectivity index (χ1n) is 4.85. The standard InChI is InChI=1S/C11H15I2NO.ClH/c1-6(2)3-10(14)8-4-7(12)5-9(13)11(8)15;/h4-6,10,15H,3,14H2,1-2H3;1H/t10-;/m1./s1. The average Bonchev–Trinajstić information content (AvgIpc) is 2.09. The van der Waals surface area contributed by atoms with E-state index in [1.54, 1.807) is 0 Å². The number of rotatable bonds is 3. The number of hydrogen-bond acceptors (Lipinski definition) is 2. The predicted molar refractivity (Wildman–Crippen MR) is 87.2 cm³/mol. The fourth-order valence-electron chi connectivity index (χ4n) is 1.50. The van der Waals surface area contributed by atoms with Gasteiger partial charge in [-0.15, -0.1) is 12.4 Å². The molecule has 0 fully saturated rings. The van der Waals surface area contributed by atoms with Gasteiger partial charge in [-0.25, -0.2) is 0 Å². The van der Waals surface area contributed by atoms with Gasteiger partial charge in [0, 0.05) is 15.2 Å². The average molecular weight is 468 g/mol. The summed E-state index contributed by atoms with van der Waals surface area (Å²) >= 11 is 4.38. The maximum Gasteiger partial charge on any atom is 0.133 e. The van der Waals surface area contributed by atoms with Crippen molar-refractivity contribution in [3.05, 3.63) is 24.8 Å². The Morgan fingerprint density at radius 1 is 1.31 bits per heavy atom. The Bertz CT molecular complexity index is 358. The van der Waals surface area contributed by atoms with Gasteiger partial charge in [-0.1, -0.05) is 13.8 Å². The largest absolute Gasteiger partial charge is 0.506 e. The van der Waals surface area contributed by atoms with E-state index >= 15 is 0 Å². The lowest BCUT2D eigenvalue weighted by Gasteiger charge is -2.17. The van der Waals surface area contributed by atoms with Crippen LogP contribution in [0.4, 0.5) is 0 Å². The van der Waals surface area contributed by atoms with Gasteiger partial charge in [-0.05, 0) is 69.7 Å². The normalized spacial score (nSPS) is 12.4. The van der Waals surface area contributed by atoms with Crippen LogP contribution in [-0.4, -0.2) is 5.11 Å². The zero-order valence-corrected chi connectivity index (χ0v) is 14.3. The highest BCUT2D eigenvalue weighted by atomic mass is 127. The lowest BCUT2D eigenvalue weighted by molar-refractivity contribution is 0.442. The minimum absolute atomic E-state index is 0. The van der Waals surface area contributed by atoms with Gasteiger partial charge in [0.15, 0.2) is 0 Å². The first-order chi connectivity index (χ1) is 6.91. The van der Waals surface area contributed by atoms with E-state index in [-0.39, 0.29) is 18.4 Å². The molecule has 0 aliphatic rings. The van der Waals surface area contributed by atoms with Gasteiger partial charge in [0.2, 0.25) is 0 Å². The first-order valence-corrected chi connectivity index (χ1v) is 7.01. The number of aromatic hydroxyl groups is 1. The van der Waals surface area contributed by atoms with Crippen LogP contribution in [0.1, 0.15) is 31.9 Å². The lowest BCUT2D eigenvalue weighted by Crippen LogP contribution is -2.13. The van der Waals surface area contributed by atoms with Crippen LogP contribution in [0.3, 0.4) is 0 Å². The molecule has 1 rings (SSSR count). The summed E-state index contributed by atoms with van der Waals surface area (Å²) in [6, 6.07) is 3.83. The molecule has 0 aromatic heterocycles. The maximum absolute atomic E-state index is 9.91. The zero-order valence-electron chi connectivity index (χ0n) is 9.21. The van der Waals surface area contributed by atoms with Crippen molar-refractivity contribution in [1.82, 2.24) is 0 Å². The molecule has 0 unspecified atom stereocenters. The SMILES string of the molecule is CC(C)C[C@@H](N)c1cc(I)cc(I)c1O.Cl. The number of nitrogens with two attached hydrogens (primary N) is 1. The van der Waals surface area contributed by atoms with E-state index in [0.717, 1.165) is 19.1 Å². The molecule has 0 saturated carbocycles. The van der Waals surface area contributed by atoms with Crippen LogP contribution in [-0.2, 0) is 0 Å². The quantitative estimate of drug-likeness (QED) is 0.659. The zero-order chi connectivity index (χ0) is 11.6. The van der Waals surface area contributed by atoms with Gasteiger partial charge in [0.25, 0.3) is 0 Å². The van der Waals surface area contributed by atoms with Crippen molar-refractivity contribution in [3.63, 3.8) is 0 Å². The second-order valence-electron chi connectivity index (χ2n) is 4.06. The molecule has 1 atom stereocenters. The second kappa shape index (κ2) is 7.23. The van der Waals surface area contributed by atoms with Crippen LogP contribution >= 0.6 is 57.6 Å². The van der Waals surface area contributed by atoms with Gasteiger partial charge >= 0.3 is 0 Å². The minimum Gasteiger partial charge on any atom is -0.506 e. The van der Waals surface area contributed by atoms with E-state index in [4.69, 9.17) is 5.73 Å². The van der Waals surface area contributed by atoms with Crippen molar-refractivity contribution in [2.75, 3.05) is 0 Å². The van der Waals surface area contributed by atoms with Crippen LogP contribution in [0.2, 0.25) is 0 Å². The number of hydrogen-bond donors (Lipinski definition) is 2. The van der Waals surface area contributed by atoms with Gasteiger partial charge < -0.3 is 10.8 Å². The summed E-state index contributed by atoms with van der Waals surface area (Å²) in [5, 5.41) is 9.91. The summed E-state index contributed by atoms with van der Waals surface area (Å²) in [5.41, 5.74) is 6.93. The lowest BCUT2D eigenvalue weighted by atomic mass is 9.97. The third-order valence-electron chi connectivity index (χ3n) is 2.18. The second-order valence-corrected chi connectivity index (χ2v) is 6.47. The number of benzene rings is 1. The fourth-order valence-corrected chi connectivity index (χ4v) is 3.39. The molecule has 0 amide bonds. The van der Waals surface area contributed by atoms with Crippen LogP contribution in [0.25, 0.3) is 0 Å². The van der Waals surface area contributed by atoms with Crippen molar-refractivity contribution in [3.8, 4) is 5.75 Å². The Hall–Kier alpha value is 0.730. The number of phenolic OH excluding ortho intramolecular Hbond substituents is 1. The van der Waals surface area contributed by atoms with Gasteiger partial charge in [-0.3, -0.25) is 0 Å². The maximum atomic E-state index is 9.91. The van der Waals surface area contributed by atoms with Crippen molar-refractivity contribution < 1.29 is 5.11 Å². The van der Waals surface area contributed by atoms with Crippen molar-refractivity contribution in [2.24, 2.45) is 11.7 Å². The molecule has 1 aromatic rings. The summed E-state index contributed by atoms with van der Waals surface area (Å²) in [4.78, 5) is 0. The highest BCUT2D eigenvalue weighted by Crippen LogP contribution is 2.32. The van der Waals surface area contributed by atoms with Crippen LogP contribution in [0.5, 0.6) is 5.75 Å². The summed E-state index contributed by atoms with van der Waals surface area (Å²) in [6.45, 7) is 4.27. The topological polar surface area (TPSA) is 46.2 Å². The van der Waals surface area contributed by atoms with Crippen molar-refractivity contribution in [1.29, 1.82) is 0 Å². The smallest absolute Gasteiger partial charge is 0.133 e. The third kappa shape index (κ3) is 4.54. The Morgan fingerprint density at radius 3 is 2.38 bits per heavy atom. The molecule has 0 aliphatic carbocycles. The Morgan fingerprint density at radius 2 is 1.88 bits per heavy atom. The van der Waals surface area contributed by atoms with E-state index in [0.29, 0.717) is 11.7 Å². The number of halogens is 3. The third-order valence-corrected chi connectivity index (χ3v) is 3.63. The Kier molecular flexibility index (Phi) is 7.56. The molecule has 0 aliphatic heterocycles. The van der Waals surface area contributed by atoms with Crippen molar-refractivity contribution >= 4 is 57.6 Å². The van der Waals surface area contributed by atoms with E-state index < -0.39 is 0 Å². The molecule has 1 aromatic carbocycles. The summed E-state index contributed by atoms with van der Waals surface area (Å²) in [5.74, 6) is 0.874. The summed E-state index contributed by atoms with van der Waals surface area (Å²) in [6.07, 6.45) is 0.893. The molecule has 0 spiro atoms. The van der Waals surface area contributed by atoms with E-state index in [9.17, 15) is 5.11 Å². The van der Waals surface area contributed by atoms with Gasteiger partial charge in [0.05, 0.1) is 3.57 Å². The van der Waals surface area contributed by atoms with Crippen LogP contribution < -0.4 is 5.73 Å². The monoisotopic (exact) mass is 467 g/mol. The molecule has 0 bridgehead atoms. The summed E-state index contributed by atoms with van der Waals surface area (Å²) in [7, 11) is 0. The fraction of sp³-hybridized carbons (Fsp3) is 0.455. The molecule has 16 heavy (non-hydrogen) atoms. The molecule has 2 nitrogen and oxygen atoms in total. The summed E-state index contributed by atoms with van der Waals surface area (Å²) < 4.78 is 1.98. The highest BCUT2D eigenvalue weighted by Gasteiger charge is 2.15. The highest BCUT2D eigenvalue weighted by molar-refractivity contribution is 14.1. The molecular weight excluding hydrogens is 451 g/mol. The minimum atomic E-state index is -0.0757. The van der Waals surface area contributed by atoms with E-state index in [1.807, 2.05) is 12.1 Å². The Balaban J connectivity index is 0.00000225. The Labute approximate surface area is 130 Å². The molecule has 5 heteroatoms. The molecule has 0 saturated heterocycles. The molecule has 92 valence electrons. The van der Waals surface area contributed by atoms with Crippen LogP contribution in [0, 0.1) is 13.1 Å². The number of phenols is 1. The van der Waals surface area contributed by atoms with Gasteiger partial charge in [-0.2, -0.15) is 0 Å². The van der Waals surface area contributed by atoms with E-state index in [1.165, 1.54) is 0 Å².